The van der Waals surface area contributed by atoms with Gasteiger partial charge in [-0.1, -0.05) is 0 Å². The Hall–Kier alpha value is -2.62. The standard InChI is InChI=1S/C17H21FN4O2/c1-12(6-8-22-7-2-3-16(22)23)21-17(24)20-11-14-9-13(10-19)4-5-15(14)18/h4-5,9,12H,2-3,6-8,11H2,1H3,(H2,20,21,24)/t12-/m1/s1. The summed E-state index contributed by atoms with van der Waals surface area (Å²) in [6, 6.07) is 5.44. The highest BCUT2D eigenvalue weighted by Gasteiger charge is 2.20. The van der Waals surface area contributed by atoms with Crippen molar-refractivity contribution in [1.82, 2.24) is 15.5 Å². The monoisotopic (exact) mass is 332 g/mol. The molecule has 1 atom stereocenters. The maximum absolute atomic E-state index is 13.6. The molecule has 0 spiro atoms. The van der Waals surface area contributed by atoms with Crippen LogP contribution in [0, 0.1) is 17.1 Å². The lowest BCUT2D eigenvalue weighted by Crippen LogP contribution is -2.42. The van der Waals surface area contributed by atoms with Gasteiger partial charge in [0.25, 0.3) is 0 Å². The maximum atomic E-state index is 13.6. The Labute approximate surface area is 140 Å². The molecule has 6 nitrogen and oxygen atoms in total. The van der Waals surface area contributed by atoms with E-state index in [1.807, 2.05) is 13.0 Å². The summed E-state index contributed by atoms with van der Waals surface area (Å²) < 4.78 is 13.6. The van der Waals surface area contributed by atoms with Gasteiger partial charge in [0.1, 0.15) is 5.82 Å². The van der Waals surface area contributed by atoms with Crippen LogP contribution in [0.1, 0.15) is 37.3 Å². The number of hydrogen-bond donors (Lipinski definition) is 2. The Morgan fingerprint density at radius 2 is 2.29 bits per heavy atom. The van der Waals surface area contributed by atoms with Crippen molar-refractivity contribution in [3.8, 4) is 6.07 Å². The fraction of sp³-hybridized carbons (Fsp3) is 0.471. The molecule has 1 fully saturated rings. The summed E-state index contributed by atoms with van der Waals surface area (Å²) in [5, 5.41) is 14.2. The van der Waals surface area contributed by atoms with E-state index in [4.69, 9.17) is 5.26 Å². The van der Waals surface area contributed by atoms with Gasteiger partial charge in [0.05, 0.1) is 11.6 Å². The van der Waals surface area contributed by atoms with Crippen LogP contribution in [0.5, 0.6) is 0 Å². The van der Waals surface area contributed by atoms with E-state index < -0.39 is 11.8 Å². The summed E-state index contributed by atoms with van der Waals surface area (Å²) in [7, 11) is 0. The highest BCUT2D eigenvalue weighted by molar-refractivity contribution is 5.78. The van der Waals surface area contributed by atoms with Crippen molar-refractivity contribution in [1.29, 1.82) is 5.26 Å². The van der Waals surface area contributed by atoms with E-state index in [1.54, 1.807) is 4.90 Å². The van der Waals surface area contributed by atoms with Gasteiger partial charge in [-0.15, -0.1) is 0 Å². The summed E-state index contributed by atoms with van der Waals surface area (Å²) >= 11 is 0. The van der Waals surface area contributed by atoms with E-state index in [-0.39, 0.29) is 24.1 Å². The molecule has 0 radical (unpaired) electrons. The zero-order valence-corrected chi connectivity index (χ0v) is 13.6. The molecule has 1 aromatic carbocycles. The number of hydrogen-bond acceptors (Lipinski definition) is 3. The van der Waals surface area contributed by atoms with Gasteiger partial charge in [0, 0.05) is 37.7 Å². The van der Waals surface area contributed by atoms with Gasteiger partial charge >= 0.3 is 6.03 Å². The molecule has 7 heteroatoms. The van der Waals surface area contributed by atoms with E-state index >= 15 is 0 Å². The minimum atomic E-state index is -0.463. The third-order valence-electron chi connectivity index (χ3n) is 4.00. The summed E-state index contributed by atoms with van der Waals surface area (Å²) in [6.07, 6.45) is 2.17. The van der Waals surface area contributed by atoms with Crippen molar-refractivity contribution < 1.29 is 14.0 Å². The average Bonchev–Trinajstić information content (AvgIpc) is 2.97. The molecular weight excluding hydrogens is 311 g/mol. The molecule has 128 valence electrons. The Kier molecular flexibility index (Phi) is 6.13. The number of likely N-dealkylation sites (tertiary alicyclic amines) is 1. The number of urea groups is 1. The predicted molar refractivity (Wildman–Crippen MR) is 86.4 cm³/mol. The number of benzene rings is 1. The quantitative estimate of drug-likeness (QED) is 0.834. The van der Waals surface area contributed by atoms with Gasteiger partial charge < -0.3 is 15.5 Å². The molecule has 1 aromatic rings. The number of amides is 3. The van der Waals surface area contributed by atoms with Crippen LogP contribution >= 0.6 is 0 Å². The molecule has 24 heavy (non-hydrogen) atoms. The lowest BCUT2D eigenvalue weighted by atomic mass is 10.1. The van der Waals surface area contributed by atoms with Crippen molar-refractivity contribution in [3.63, 3.8) is 0 Å². The molecule has 1 heterocycles. The second-order valence-electron chi connectivity index (χ2n) is 5.92. The normalized spacial score (nSPS) is 15.0. The zero-order chi connectivity index (χ0) is 17.5. The first-order chi connectivity index (χ1) is 11.5. The van der Waals surface area contributed by atoms with Crippen LogP contribution in [-0.4, -0.2) is 36.0 Å². The van der Waals surface area contributed by atoms with Crippen molar-refractivity contribution >= 4 is 11.9 Å². The van der Waals surface area contributed by atoms with Gasteiger partial charge in [0.2, 0.25) is 5.91 Å². The minimum Gasteiger partial charge on any atom is -0.343 e. The molecule has 0 aromatic heterocycles. The van der Waals surface area contributed by atoms with Crippen molar-refractivity contribution in [3.05, 3.63) is 35.1 Å². The highest BCUT2D eigenvalue weighted by Crippen LogP contribution is 2.11. The van der Waals surface area contributed by atoms with Crippen LogP contribution in [-0.2, 0) is 11.3 Å². The first-order valence-corrected chi connectivity index (χ1v) is 8.00. The van der Waals surface area contributed by atoms with Gasteiger partial charge in [0.15, 0.2) is 0 Å². The van der Waals surface area contributed by atoms with E-state index in [9.17, 15) is 14.0 Å². The molecule has 0 saturated carbocycles. The smallest absolute Gasteiger partial charge is 0.315 e. The van der Waals surface area contributed by atoms with E-state index in [1.165, 1.54) is 18.2 Å². The summed E-state index contributed by atoms with van der Waals surface area (Å²) in [5.74, 6) is -0.297. The van der Waals surface area contributed by atoms with Crippen LogP contribution in [0.15, 0.2) is 18.2 Å². The van der Waals surface area contributed by atoms with Crippen LogP contribution in [0.25, 0.3) is 0 Å². The van der Waals surface area contributed by atoms with Crippen LogP contribution in [0.3, 0.4) is 0 Å². The Morgan fingerprint density at radius 3 is 2.96 bits per heavy atom. The van der Waals surface area contributed by atoms with Crippen molar-refractivity contribution in [2.24, 2.45) is 0 Å². The van der Waals surface area contributed by atoms with E-state index in [2.05, 4.69) is 10.6 Å². The Morgan fingerprint density at radius 1 is 1.50 bits per heavy atom. The van der Waals surface area contributed by atoms with E-state index in [0.29, 0.717) is 24.9 Å². The fourth-order valence-electron chi connectivity index (χ4n) is 2.59. The molecule has 1 aliphatic heterocycles. The third-order valence-corrected chi connectivity index (χ3v) is 4.00. The van der Waals surface area contributed by atoms with Crippen LogP contribution in [0.2, 0.25) is 0 Å². The summed E-state index contributed by atoms with van der Waals surface area (Å²) in [6.45, 7) is 3.27. The number of nitrogens with one attached hydrogen (secondary N) is 2. The van der Waals surface area contributed by atoms with Gasteiger partial charge in [-0.2, -0.15) is 5.26 Å². The first kappa shape index (κ1) is 17.7. The molecule has 1 saturated heterocycles. The van der Waals surface area contributed by atoms with Crippen molar-refractivity contribution in [2.45, 2.75) is 38.8 Å². The highest BCUT2D eigenvalue weighted by atomic mass is 19.1. The third kappa shape index (κ3) is 4.95. The topological polar surface area (TPSA) is 85.2 Å². The molecule has 0 unspecified atom stereocenters. The summed E-state index contributed by atoms with van der Waals surface area (Å²) in [5.41, 5.74) is 0.608. The number of carbonyl (C=O) groups is 2. The molecule has 2 rings (SSSR count). The first-order valence-electron chi connectivity index (χ1n) is 8.00. The van der Waals surface area contributed by atoms with Crippen LogP contribution in [0.4, 0.5) is 9.18 Å². The number of rotatable bonds is 6. The fourth-order valence-corrected chi connectivity index (χ4v) is 2.59. The van der Waals surface area contributed by atoms with Gasteiger partial charge in [-0.05, 0) is 38.0 Å². The predicted octanol–water partition coefficient (Wildman–Crippen LogP) is 1.90. The number of halogens is 1. The largest absolute Gasteiger partial charge is 0.343 e. The molecule has 2 N–H and O–H groups in total. The maximum Gasteiger partial charge on any atom is 0.315 e. The SMILES string of the molecule is C[C@H](CCN1CCCC1=O)NC(=O)NCc1cc(C#N)ccc1F. The lowest BCUT2D eigenvalue weighted by Gasteiger charge is -2.19. The molecule has 1 aliphatic rings. The molecule has 0 aliphatic carbocycles. The zero-order valence-electron chi connectivity index (χ0n) is 13.6. The van der Waals surface area contributed by atoms with Crippen molar-refractivity contribution in [2.75, 3.05) is 13.1 Å². The number of nitrogens with zero attached hydrogens (tertiary/aromatic N) is 2. The lowest BCUT2D eigenvalue weighted by molar-refractivity contribution is -0.127. The minimum absolute atomic E-state index is 0.00448. The number of carbonyl (C=O) groups excluding carboxylic acids is 2. The second kappa shape index (κ2) is 8.29. The Bertz CT molecular complexity index is 656. The molecular formula is C17H21FN4O2. The molecule has 0 bridgehead atoms. The number of nitriles is 1. The molecule has 3 amide bonds. The van der Waals surface area contributed by atoms with E-state index in [0.717, 1.165) is 13.0 Å². The van der Waals surface area contributed by atoms with Gasteiger partial charge in [-0.3, -0.25) is 4.79 Å². The Balaban J connectivity index is 1.74. The van der Waals surface area contributed by atoms with Gasteiger partial charge in [-0.25, -0.2) is 9.18 Å². The van der Waals surface area contributed by atoms with Crippen LogP contribution < -0.4 is 10.6 Å². The second-order valence-corrected chi connectivity index (χ2v) is 5.92. The summed E-state index contributed by atoms with van der Waals surface area (Å²) in [4.78, 5) is 25.2. The average molecular weight is 332 g/mol.